The number of aromatic nitrogens is 2. The number of rotatable bonds is 7. The van der Waals surface area contributed by atoms with E-state index in [1.807, 2.05) is 6.92 Å². The zero-order valence-electron chi connectivity index (χ0n) is 12.5. The van der Waals surface area contributed by atoms with Crippen molar-refractivity contribution in [3.63, 3.8) is 0 Å². The first-order chi connectivity index (χ1) is 11.0. The summed E-state index contributed by atoms with van der Waals surface area (Å²) < 4.78 is 1.72. The van der Waals surface area contributed by atoms with Crippen molar-refractivity contribution in [1.29, 1.82) is 0 Å². The molecule has 1 amide bonds. The van der Waals surface area contributed by atoms with Crippen LogP contribution >= 0.6 is 58.1 Å². The smallest absolute Gasteiger partial charge is 0.237 e. The third-order valence-corrected chi connectivity index (χ3v) is 6.65. The molecule has 1 aromatic heterocycles. The van der Waals surface area contributed by atoms with Gasteiger partial charge in [0.1, 0.15) is 0 Å². The van der Waals surface area contributed by atoms with Gasteiger partial charge in [0.2, 0.25) is 5.91 Å². The molecule has 1 aromatic carbocycles. The summed E-state index contributed by atoms with van der Waals surface area (Å²) in [6.45, 7) is 3.95. The van der Waals surface area contributed by atoms with E-state index in [-0.39, 0.29) is 11.2 Å². The Kier molecular flexibility index (Phi) is 7.49. The predicted molar refractivity (Wildman–Crippen MR) is 101 cm³/mol. The Balaban J connectivity index is 1.93. The molecular weight excluding hydrogens is 393 g/mol. The molecule has 2 aromatic rings. The summed E-state index contributed by atoms with van der Waals surface area (Å²) in [5.41, 5.74) is 0.546. The molecule has 1 atom stereocenters. The molecule has 0 radical (unpaired) electrons. The maximum Gasteiger partial charge on any atom is 0.237 e. The quantitative estimate of drug-likeness (QED) is 0.616. The van der Waals surface area contributed by atoms with E-state index >= 15 is 0 Å². The Morgan fingerprint density at radius 3 is 2.78 bits per heavy atom. The van der Waals surface area contributed by atoms with Crippen molar-refractivity contribution in [3.05, 3.63) is 28.2 Å². The number of hydrogen-bond acceptors (Lipinski definition) is 6. The van der Waals surface area contributed by atoms with Crippen LogP contribution < -0.4 is 5.32 Å². The third-order valence-electron chi connectivity index (χ3n) is 2.65. The minimum absolute atomic E-state index is 0.141. The lowest BCUT2D eigenvalue weighted by Gasteiger charge is -2.11. The molecule has 23 heavy (non-hydrogen) atoms. The van der Waals surface area contributed by atoms with Gasteiger partial charge < -0.3 is 5.32 Å². The van der Waals surface area contributed by atoms with Crippen LogP contribution in [-0.4, -0.2) is 27.1 Å². The lowest BCUT2D eigenvalue weighted by atomic mass is 10.3. The van der Waals surface area contributed by atoms with Crippen LogP contribution in [0.5, 0.6) is 0 Å². The molecular formula is C14H15Cl2N3OS3. The molecule has 0 unspecified atom stereocenters. The van der Waals surface area contributed by atoms with Gasteiger partial charge in [-0.2, -0.15) is 0 Å². The highest BCUT2D eigenvalue weighted by Gasteiger charge is 2.18. The van der Waals surface area contributed by atoms with Gasteiger partial charge in [0, 0.05) is 10.8 Å². The summed E-state index contributed by atoms with van der Waals surface area (Å²) >= 11 is 16.5. The van der Waals surface area contributed by atoms with Crippen molar-refractivity contribution in [2.24, 2.45) is 0 Å². The normalized spacial score (nSPS) is 12.2. The molecule has 9 heteroatoms. The first-order valence-electron chi connectivity index (χ1n) is 6.88. The van der Waals surface area contributed by atoms with Crippen molar-refractivity contribution >= 4 is 69.7 Å². The fraction of sp³-hybridized carbons (Fsp3) is 0.357. The zero-order valence-corrected chi connectivity index (χ0v) is 16.5. The minimum atomic E-state index is -0.307. The molecule has 0 spiro atoms. The van der Waals surface area contributed by atoms with Crippen LogP contribution in [0.15, 0.2) is 26.9 Å². The van der Waals surface area contributed by atoms with Crippen LogP contribution in [0.2, 0.25) is 10.0 Å². The summed E-state index contributed by atoms with van der Waals surface area (Å²) in [5.74, 6) is 0.877. The minimum Gasteiger partial charge on any atom is -0.324 e. The number of nitrogens with zero attached hydrogens (tertiary/aromatic N) is 2. The van der Waals surface area contributed by atoms with Crippen molar-refractivity contribution in [2.75, 3.05) is 11.1 Å². The highest BCUT2D eigenvalue weighted by Crippen LogP contribution is 2.32. The zero-order chi connectivity index (χ0) is 16.8. The third kappa shape index (κ3) is 5.83. The summed E-state index contributed by atoms with van der Waals surface area (Å²) in [6, 6.07) is 4.96. The van der Waals surface area contributed by atoms with Gasteiger partial charge in [-0.25, -0.2) is 0 Å². The van der Waals surface area contributed by atoms with Gasteiger partial charge in [-0.3, -0.25) is 4.79 Å². The van der Waals surface area contributed by atoms with Crippen molar-refractivity contribution in [2.45, 2.75) is 34.2 Å². The SMILES string of the molecule is CCCSc1nnc(S[C@@H](C)C(=O)Nc2ccc(Cl)cc2Cl)s1. The summed E-state index contributed by atoms with van der Waals surface area (Å²) in [4.78, 5) is 12.3. The average molecular weight is 408 g/mol. The van der Waals surface area contributed by atoms with Gasteiger partial charge in [0.05, 0.1) is 16.0 Å². The van der Waals surface area contributed by atoms with Crippen LogP contribution in [0.3, 0.4) is 0 Å². The van der Waals surface area contributed by atoms with Crippen LogP contribution in [0.1, 0.15) is 20.3 Å². The number of nitrogens with one attached hydrogen (secondary N) is 1. The largest absolute Gasteiger partial charge is 0.324 e. The van der Waals surface area contributed by atoms with E-state index in [4.69, 9.17) is 23.2 Å². The fourth-order valence-corrected chi connectivity index (χ4v) is 5.07. The van der Waals surface area contributed by atoms with Crippen LogP contribution in [0.25, 0.3) is 0 Å². The molecule has 0 saturated carbocycles. The standard InChI is InChI=1S/C14H15Cl2N3OS3/c1-3-6-21-13-18-19-14(23-13)22-8(2)12(20)17-11-5-4-9(15)7-10(11)16/h4-5,7-8H,3,6H2,1-2H3,(H,17,20)/t8-/m0/s1. The molecule has 2 rings (SSSR count). The lowest BCUT2D eigenvalue weighted by Crippen LogP contribution is -2.22. The van der Waals surface area contributed by atoms with E-state index in [1.165, 1.54) is 23.1 Å². The van der Waals surface area contributed by atoms with Crippen LogP contribution in [0.4, 0.5) is 5.69 Å². The van der Waals surface area contributed by atoms with Gasteiger partial charge >= 0.3 is 0 Å². The Hall–Kier alpha value is -0.470. The molecule has 1 heterocycles. The highest BCUT2D eigenvalue weighted by molar-refractivity contribution is 8.03. The topological polar surface area (TPSA) is 54.9 Å². The highest BCUT2D eigenvalue weighted by atomic mass is 35.5. The second-order valence-electron chi connectivity index (χ2n) is 4.56. The maximum absolute atomic E-state index is 12.3. The molecule has 124 valence electrons. The number of carbonyl (C=O) groups excluding carboxylic acids is 1. The number of anilines is 1. The number of carbonyl (C=O) groups is 1. The molecule has 0 aliphatic heterocycles. The van der Waals surface area contributed by atoms with E-state index in [9.17, 15) is 4.79 Å². The van der Waals surface area contributed by atoms with E-state index < -0.39 is 0 Å². The number of thioether (sulfide) groups is 2. The average Bonchev–Trinajstić information content (AvgIpc) is 2.95. The molecule has 0 saturated heterocycles. The molecule has 0 bridgehead atoms. The Bertz CT molecular complexity index is 681. The van der Waals surface area contributed by atoms with Crippen molar-refractivity contribution < 1.29 is 4.79 Å². The maximum atomic E-state index is 12.3. The first kappa shape index (κ1) is 18.9. The molecule has 0 aliphatic carbocycles. The molecule has 0 fully saturated rings. The lowest BCUT2D eigenvalue weighted by molar-refractivity contribution is -0.115. The number of hydrogen-bond donors (Lipinski definition) is 1. The molecule has 1 N–H and O–H groups in total. The van der Waals surface area contributed by atoms with Crippen molar-refractivity contribution in [1.82, 2.24) is 10.2 Å². The molecule has 0 aliphatic rings. The molecule has 4 nitrogen and oxygen atoms in total. The second kappa shape index (κ2) is 9.13. The number of halogens is 2. The Morgan fingerprint density at radius 1 is 1.35 bits per heavy atom. The summed E-state index contributed by atoms with van der Waals surface area (Å²) in [6.07, 6.45) is 1.09. The van der Waals surface area contributed by atoms with Gasteiger partial charge in [0.25, 0.3) is 0 Å². The number of amides is 1. The summed E-state index contributed by atoms with van der Waals surface area (Å²) in [5, 5.41) is 11.7. The van der Waals surface area contributed by atoms with E-state index in [2.05, 4.69) is 22.4 Å². The van der Waals surface area contributed by atoms with E-state index in [0.717, 1.165) is 20.9 Å². The number of benzene rings is 1. The van der Waals surface area contributed by atoms with Gasteiger partial charge in [0.15, 0.2) is 8.68 Å². The van der Waals surface area contributed by atoms with Gasteiger partial charge in [-0.1, -0.05) is 65.0 Å². The Labute approximate surface area is 157 Å². The fourth-order valence-electron chi connectivity index (χ4n) is 1.52. The van der Waals surface area contributed by atoms with Crippen molar-refractivity contribution in [3.8, 4) is 0 Å². The van der Waals surface area contributed by atoms with Gasteiger partial charge in [-0.05, 0) is 31.5 Å². The van der Waals surface area contributed by atoms with Gasteiger partial charge in [-0.15, -0.1) is 10.2 Å². The van der Waals surface area contributed by atoms with Crippen LogP contribution in [0, 0.1) is 0 Å². The first-order valence-corrected chi connectivity index (χ1v) is 10.3. The second-order valence-corrected chi connectivity index (χ2v) is 9.31. The Morgan fingerprint density at radius 2 is 2.09 bits per heavy atom. The predicted octanol–water partition coefficient (Wildman–Crippen LogP) is 5.47. The van der Waals surface area contributed by atoms with Crippen LogP contribution in [-0.2, 0) is 4.79 Å². The monoisotopic (exact) mass is 407 g/mol. The van der Waals surface area contributed by atoms with E-state index in [0.29, 0.717) is 15.7 Å². The summed E-state index contributed by atoms with van der Waals surface area (Å²) in [7, 11) is 0. The van der Waals surface area contributed by atoms with E-state index in [1.54, 1.807) is 30.0 Å².